The minimum Gasteiger partial charge on any atom is -0.367 e. The predicted molar refractivity (Wildman–Crippen MR) is 79.1 cm³/mol. The molecule has 0 aromatic heterocycles. The lowest BCUT2D eigenvalue weighted by Gasteiger charge is -2.36. The smallest absolute Gasteiger partial charge is 0.256 e. The Morgan fingerprint density at radius 1 is 1.40 bits per heavy atom. The van der Waals surface area contributed by atoms with Crippen LogP contribution in [-0.2, 0) is 9.53 Å². The van der Waals surface area contributed by atoms with Gasteiger partial charge < -0.3 is 15.4 Å². The molecule has 1 heterocycles. The Morgan fingerprint density at radius 2 is 2.10 bits per heavy atom. The maximum atomic E-state index is 12.7. The van der Waals surface area contributed by atoms with E-state index in [0.717, 1.165) is 31.5 Å². The zero-order valence-corrected chi connectivity index (χ0v) is 12.3. The second kappa shape index (κ2) is 6.86. The summed E-state index contributed by atoms with van der Waals surface area (Å²) in [4.78, 5) is 14.6. The van der Waals surface area contributed by atoms with E-state index in [1.54, 1.807) is 7.11 Å². The molecule has 1 aromatic rings. The Kier molecular flexibility index (Phi) is 5.15. The average molecular weight is 276 g/mol. The van der Waals surface area contributed by atoms with Crippen molar-refractivity contribution in [3.8, 4) is 0 Å². The van der Waals surface area contributed by atoms with Crippen LogP contribution in [0.15, 0.2) is 30.3 Å². The van der Waals surface area contributed by atoms with Gasteiger partial charge in [0.2, 0.25) is 0 Å². The minimum atomic E-state index is -0.511. The molecule has 0 spiro atoms. The maximum absolute atomic E-state index is 12.7. The first-order valence-electron chi connectivity index (χ1n) is 7.25. The standard InChI is InChI=1S/C16H24N2O2/c1-12(17)14-9-6-10-18(11-14)16(19)15(20-2)13-7-4-3-5-8-13/h3-5,7-8,12,14-15H,6,9-11,17H2,1-2H3/t12-,14+,15-/m0/s1. The van der Waals surface area contributed by atoms with Crippen LogP contribution in [-0.4, -0.2) is 37.0 Å². The number of ether oxygens (including phenoxy) is 1. The fraction of sp³-hybridized carbons (Fsp3) is 0.562. The minimum absolute atomic E-state index is 0.0454. The molecule has 3 atom stereocenters. The molecule has 1 fully saturated rings. The molecule has 4 heteroatoms. The van der Waals surface area contributed by atoms with Gasteiger partial charge in [0.25, 0.3) is 5.91 Å². The van der Waals surface area contributed by atoms with Crippen molar-refractivity contribution in [2.75, 3.05) is 20.2 Å². The van der Waals surface area contributed by atoms with Gasteiger partial charge in [-0.15, -0.1) is 0 Å². The Morgan fingerprint density at radius 3 is 2.70 bits per heavy atom. The normalized spacial score (nSPS) is 22.4. The highest BCUT2D eigenvalue weighted by Crippen LogP contribution is 2.24. The van der Waals surface area contributed by atoms with E-state index in [2.05, 4.69) is 0 Å². The second-order valence-corrected chi connectivity index (χ2v) is 5.57. The fourth-order valence-electron chi connectivity index (χ4n) is 2.81. The monoisotopic (exact) mass is 276 g/mol. The van der Waals surface area contributed by atoms with E-state index >= 15 is 0 Å². The molecule has 2 rings (SSSR count). The number of rotatable bonds is 4. The molecule has 0 aliphatic carbocycles. The molecule has 0 bridgehead atoms. The summed E-state index contributed by atoms with van der Waals surface area (Å²) in [6.07, 6.45) is 1.61. The van der Waals surface area contributed by atoms with E-state index in [1.165, 1.54) is 0 Å². The summed E-state index contributed by atoms with van der Waals surface area (Å²) in [7, 11) is 1.59. The molecule has 20 heavy (non-hydrogen) atoms. The van der Waals surface area contributed by atoms with E-state index < -0.39 is 6.10 Å². The first-order valence-corrected chi connectivity index (χ1v) is 7.25. The number of amides is 1. The Hall–Kier alpha value is -1.39. The number of likely N-dealkylation sites (tertiary alicyclic amines) is 1. The molecular formula is C16H24N2O2. The SMILES string of the molecule is CO[C@H](C(=O)N1CCC[C@@H]([C@H](C)N)C1)c1ccccc1. The van der Waals surface area contributed by atoms with Gasteiger partial charge in [0.05, 0.1) is 0 Å². The van der Waals surface area contributed by atoms with Crippen molar-refractivity contribution in [3.05, 3.63) is 35.9 Å². The van der Waals surface area contributed by atoms with Crippen molar-refractivity contribution in [2.24, 2.45) is 11.7 Å². The first kappa shape index (κ1) is 15.0. The van der Waals surface area contributed by atoms with Gasteiger partial charge in [-0.05, 0) is 31.2 Å². The molecule has 1 saturated heterocycles. The molecule has 1 aliphatic rings. The van der Waals surface area contributed by atoms with Crippen molar-refractivity contribution in [2.45, 2.75) is 31.9 Å². The zero-order chi connectivity index (χ0) is 14.5. The van der Waals surface area contributed by atoms with Gasteiger partial charge in [0.15, 0.2) is 6.10 Å². The van der Waals surface area contributed by atoms with Crippen molar-refractivity contribution >= 4 is 5.91 Å². The van der Waals surface area contributed by atoms with Crippen LogP contribution in [0.25, 0.3) is 0 Å². The number of nitrogens with zero attached hydrogens (tertiary/aromatic N) is 1. The molecule has 0 unspecified atom stereocenters. The van der Waals surface area contributed by atoms with Crippen LogP contribution in [0, 0.1) is 5.92 Å². The number of methoxy groups -OCH3 is 1. The third kappa shape index (κ3) is 3.38. The third-order valence-corrected chi connectivity index (χ3v) is 4.08. The number of carbonyl (C=O) groups is 1. The fourth-order valence-corrected chi connectivity index (χ4v) is 2.81. The molecule has 110 valence electrons. The lowest BCUT2D eigenvalue weighted by Crippen LogP contribution is -2.46. The van der Waals surface area contributed by atoms with E-state index in [9.17, 15) is 4.79 Å². The summed E-state index contributed by atoms with van der Waals surface area (Å²) < 4.78 is 5.42. The number of benzene rings is 1. The lowest BCUT2D eigenvalue weighted by molar-refractivity contribution is -0.144. The summed E-state index contributed by atoms with van der Waals surface area (Å²) >= 11 is 0. The van der Waals surface area contributed by atoms with Gasteiger partial charge in [-0.25, -0.2) is 0 Å². The summed E-state index contributed by atoms with van der Waals surface area (Å²) in [6, 6.07) is 9.78. The van der Waals surface area contributed by atoms with Gasteiger partial charge in [-0.3, -0.25) is 4.79 Å². The predicted octanol–water partition coefficient (Wildman–Crippen LogP) is 1.96. The van der Waals surface area contributed by atoms with Crippen molar-refractivity contribution < 1.29 is 9.53 Å². The van der Waals surface area contributed by atoms with Gasteiger partial charge in [0, 0.05) is 26.2 Å². The Labute approximate surface area is 120 Å². The molecule has 1 aliphatic heterocycles. The topological polar surface area (TPSA) is 55.6 Å². The number of piperidine rings is 1. The zero-order valence-electron chi connectivity index (χ0n) is 12.3. The van der Waals surface area contributed by atoms with Crippen molar-refractivity contribution in [3.63, 3.8) is 0 Å². The van der Waals surface area contributed by atoms with Crippen LogP contribution >= 0.6 is 0 Å². The number of carbonyl (C=O) groups excluding carboxylic acids is 1. The molecule has 0 radical (unpaired) electrons. The summed E-state index contributed by atoms with van der Waals surface area (Å²) in [6.45, 7) is 3.56. The number of hydrogen-bond acceptors (Lipinski definition) is 3. The highest BCUT2D eigenvalue weighted by atomic mass is 16.5. The summed E-state index contributed by atoms with van der Waals surface area (Å²) in [5.41, 5.74) is 6.89. The number of hydrogen-bond donors (Lipinski definition) is 1. The lowest BCUT2D eigenvalue weighted by atomic mass is 9.91. The maximum Gasteiger partial charge on any atom is 0.256 e. The van der Waals surface area contributed by atoms with E-state index in [4.69, 9.17) is 10.5 Å². The number of nitrogens with two attached hydrogens (primary N) is 1. The highest BCUT2D eigenvalue weighted by Gasteiger charge is 2.30. The van der Waals surface area contributed by atoms with Crippen molar-refractivity contribution in [1.29, 1.82) is 0 Å². The van der Waals surface area contributed by atoms with E-state index in [0.29, 0.717) is 5.92 Å². The summed E-state index contributed by atoms with van der Waals surface area (Å²) in [5, 5.41) is 0. The van der Waals surface area contributed by atoms with E-state index in [1.807, 2.05) is 42.2 Å². The van der Waals surface area contributed by atoms with Crippen LogP contribution in [0.2, 0.25) is 0 Å². The van der Waals surface area contributed by atoms with Gasteiger partial charge in [-0.2, -0.15) is 0 Å². The van der Waals surface area contributed by atoms with Crippen LogP contribution in [0.5, 0.6) is 0 Å². The van der Waals surface area contributed by atoms with Crippen LogP contribution in [0.3, 0.4) is 0 Å². The molecule has 1 aromatic carbocycles. The van der Waals surface area contributed by atoms with Gasteiger partial charge in [0.1, 0.15) is 0 Å². The molecule has 2 N–H and O–H groups in total. The van der Waals surface area contributed by atoms with Crippen LogP contribution in [0.1, 0.15) is 31.4 Å². The highest BCUT2D eigenvalue weighted by molar-refractivity contribution is 5.82. The summed E-state index contributed by atoms with van der Waals surface area (Å²) in [5.74, 6) is 0.435. The average Bonchev–Trinajstić information content (AvgIpc) is 2.49. The van der Waals surface area contributed by atoms with Crippen molar-refractivity contribution in [1.82, 2.24) is 4.90 Å². The molecule has 1 amide bonds. The van der Waals surface area contributed by atoms with Crippen LogP contribution < -0.4 is 5.73 Å². The Balaban J connectivity index is 2.09. The van der Waals surface area contributed by atoms with Crippen LogP contribution in [0.4, 0.5) is 0 Å². The van der Waals surface area contributed by atoms with Gasteiger partial charge >= 0.3 is 0 Å². The van der Waals surface area contributed by atoms with Gasteiger partial charge in [-0.1, -0.05) is 30.3 Å². The largest absolute Gasteiger partial charge is 0.367 e. The molecular weight excluding hydrogens is 252 g/mol. The van der Waals surface area contributed by atoms with E-state index in [-0.39, 0.29) is 11.9 Å². The first-order chi connectivity index (χ1) is 9.63. The quantitative estimate of drug-likeness (QED) is 0.914. The molecule has 0 saturated carbocycles. The Bertz CT molecular complexity index is 433. The molecule has 4 nitrogen and oxygen atoms in total. The third-order valence-electron chi connectivity index (χ3n) is 4.08. The second-order valence-electron chi connectivity index (χ2n) is 5.57.